The van der Waals surface area contributed by atoms with Crippen LogP contribution < -0.4 is 5.32 Å². The molecule has 1 aromatic heterocycles. The third kappa shape index (κ3) is 3.86. The van der Waals surface area contributed by atoms with E-state index in [-0.39, 0.29) is 5.91 Å². The van der Waals surface area contributed by atoms with Crippen molar-refractivity contribution >= 4 is 17.2 Å². The standard InChI is InChI=1S/C23H25N3OS/c1-26(15-18-7-3-2-4-8-18)23(13-19-9-5-6-10-20(19)14-23)22(27)24-12-11-21-16-28-17-25-21/h2-10,16-17H,11-15H2,1H3,(H,24,27). The first-order valence-corrected chi connectivity index (χ1v) is 10.6. The van der Waals surface area contributed by atoms with Crippen LogP contribution in [-0.2, 0) is 30.6 Å². The van der Waals surface area contributed by atoms with Gasteiger partial charge in [0, 0.05) is 37.7 Å². The molecular formula is C23H25N3OS. The number of fused-ring (bicyclic) bond motifs is 1. The van der Waals surface area contributed by atoms with Crippen molar-refractivity contribution in [3.63, 3.8) is 0 Å². The molecule has 2 aromatic carbocycles. The van der Waals surface area contributed by atoms with E-state index in [2.05, 4.69) is 58.6 Å². The van der Waals surface area contributed by atoms with Gasteiger partial charge in [-0.15, -0.1) is 11.3 Å². The van der Waals surface area contributed by atoms with Gasteiger partial charge in [-0.05, 0) is 23.7 Å². The molecule has 4 rings (SSSR count). The molecule has 4 nitrogen and oxygen atoms in total. The molecule has 0 fully saturated rings. The number of carbonyl (C=O) groups is 1. The Balaban J connectivity index is 1.52. The second kappa shape index (κ2) is 8.25. The van der Waals surface area contributed by atoms with E-state index >= 15 is 0 Å². The summed E-state index contributed by atoms with van der Waals surface area (Å²) in [6.45, 7) is 1.36. The van der Waals surface area contributed by atoms with Crippen molar-refractivity contribution in [2.45, 2.75) is 31.3 Å². The normalized spacial score (nSPS) is 14.8. The Morgan fingerprint density at radius 1 is 1.11 bits per heavy atom. The summed E-state index contributed by atoms with van der Waals surface area (Å²) in [5, 5.41) is 5.23. The number of thiazole rings is 1. The summed E-state index contributed by atoms with van der Waals surface area (Å²) < 4.78 is 0. The summed E-state index contributed by atoms with van der Waals surface area (Å²) in [5.74, 6) is 0.109. The van der Waals surface area contributed by atoms with E-state index in [0.717, 1.165) is 31.5 Å². The Morgan fingerprint density at radius 2 is 1.79 bits per heavy atom. The van der Waals surface area contributed by atoms with E-state index in [1.54, 1.807) is 11.3 Å². The monoisotopic (exact) mass is 391 g/mol. The number of hydrogen-bond donors (Lipinski definition) is 1. The van der Waals surface area contributed by atoms with Gasteiger partial charge < -0.3 is 5.32 Å². The van der Waals surface area contributed by atoms with E-state index < -0.39 is 5.54 Å². The van der Waals surface area contributed by atoms with Crippen LogP contribution in [0.2, 0.25) is 0 Å². The van der Waals surface area contributed by atoms with Crippen molar-refractivity contribution < 1.29 is 4.79 Å². The number of aromatic nitrogens is 1. The number of likely N-dealkylation sites (N-methyl/N-ethyl adjacent to an activating group) is 1. The SMILES string of the molecule is CN(Cc1ccccc1)C1(C(=O)NCCc2cscn2)Cc2ccccc2C1. The zero-order chi connectivity index (χ0) is 19.4. The lowest BCUT2D eigenvalue weighted by Crippen LogP contribution is -2.58. The minimum Gasteiger partial charge on any atom is -0.354 e. The highest BCUT2D eigenvalue weighted by molar-refractivity contribution is 7.07. The van der Waals surface area contributed by atoms with Crippen molar-refractivity contribution in [3.05, 3.63) is 87.9 Å². The molecule has 3 aromatic rings. The van der Waals surface area contributed by atoms with Crippen molar-refractivity contribution in [1.82, 2.24) is 15.2 Å². The summed E-state index contributed by atoms with van der Waals surface area (Å²) in [5.41, 5.74) is 6.08. The molecule has 0 saturated heterocycles. The maximum atomic E-state index is 13.4. The topological polar surface area (TPSA) is 45.2 Å². The highest BCUT2D eigenvalue weighted by Gasteiger charge is 2.46. The fraction of sp³-hybridized carbons (Fsp3) is 0.304. The number of rotatable bonds is 7. The second-order valence-corrected chi connectivity index (χ2v) is 8.20. The van der Waals surface area contributed by atoms with Crippen molar-refractivity contribution in [2.75, 3.05) is 13.6 Å². The van der Waals surface area contributed by atoms with Gasteiger partial charge in [0.2, 0.25) is 5.91 Å². The Morgan fingerprint density at radius 3 is 2.43 bits per heavy atom. The minimum atomic E-state index is -0.554. The molecule has 0 spiro atoms. The summed E-state index contributed by atoms with van der Waals surface area (Å²) in [4.78, 5) is 20.0. The highest BCUT2D eigenvalue weighted by atomic mass is 32.1. The smallest absolute Gasteiger partial charge is 0.241 e. The van der Waals surface area contributed by atoms with Crippen LogP contribution in [0.15, 0.2) is 65.5 Å². The number of amides is 1. The fourth-order valence-corrected chi connectivity index (χ4v) is 4.63. The van der Waals surface area contributed by atoms with Gasteiger partial charge in [0.1, 0.15) is 5.54 Å². The number of benzene rings is 2. The van der Waals surface area contributed by atoms with Crippen LogP contribution in [0.25, 0.3) is 0 Å². The summed E-state index contributed by atoms with van der Waals surface area (Å²) in [6.07, 6.45) is 2.25. The Bertz CT molecular complexity index is 899. The maximum absolute atomic E-state index is 13.4. The first kappa shape index (κ1) is 18.8. The molecule has 1 amide bonds. The summed E-state index contributed by atoms with van der Waals surface area (Å²) in [6, 6.07) is 18.8. The average molecular weight is 392 g/mol. The molecule has 0 saturated carbocycles. The van der Waals surface area contributed by atoms with Gasteiger partial charge in [-0.3, -0.25) is 9.69 Å². The van der Waals surface area contributed by atoms with Crippen LogP contribution in [0.3, 0.4) is 0 Å². The zero-order valence-electron chi connectivity index (χ0n) is 16.1. The van der Waals surface area contributed by atoms with E-state index in [1.165, 1.54) is 16.7 Å². The molecule has 0 aliphatic heterocycles. The Labute approximate surface area is 170 Å². The van der Waals surface area contributed by atoms with Gasteiger partial charge in [-0.25, -0.2) is 4.98 Å². The van der Waals surface area contributed by atoms with Gasteiger partial charge in [-0.2, -0.15) is 0 Å². The third-order valence-electron chi connectivity index (χ3n) is 5.65. The van der Waals surface area contributed by atoms with Crippen LogP contribution in [0.1, 0.15) is 22.4 Å². The fourth-order valence-electron chi connectivity index (χ4n) is 4.04. The number of nitrogens with zero attached hydrogens (tertiary/aromatic N) is 2. The van der Waals surface area contributed by atoms with Gasteiger partial charge in [0.05, 0.1) is 11.2 Å². The largest absolute Gasteiger partial charge is 0.354 e. The molecule has 0 unspecified atom stereocenters. The van der Waals surface area contributed by atoms with Gasteiger partial charge in [0.15, 0.2) is 0 Å². The van der Waals surface area contributed by atoms with E-state index in [4.69, 9.17) is 0 Å². The lowest BCUT2D eigenvalue weighted by atomic mass is 9.91. The average Bonchev–Trinajstić information content (AvgIpc) is 3.37. The first-order valence-electron chi connectivity index (χ1n) is 9.65. The molecule has 1 N–H and O–H groups in total. The number of hydrogen-bond acceptors (Lipinski definition) is 4. The summed E-state index contributed by atoms with van der Waals surface area (Å²) >= 11 is 1.59. The third-order valence-corrected chi connectivity index (χ3v) is 6.29. The zero-order valence-corrected chi connectivity index (χ0v) is 16.9. The van der Waals surface area contributed by atoms with E-state index in [9.17, 15) is 4.79 Å². The van der Waals surface area contributed by atoms with Gasteiger partial charge in [0.25, 0.3) is 0 Å². The number of nitrogens with one attached hydrogen (secondary N) is 1. The molecular weight excluding hydrogens is 366 g/mol. The molecule has 144 valence electrons. The Hall–Kier alpha value is -2.50. The summed E-state index contributed by atoms with van der Waals surface area (Å²) in [7, 11) is 2.07. The van der Waals surface area contributed by atoms with Crippen molar-refractivity contribution in [3.8, 4) is 0 Å². The molecule has 1 aliphatic carbocycles. The van der Waals surface area contributed by atoms with Crippen LogP contribution in [0, 0.1) is 0 Å². The quantitative estimate of drug-likeness (QED) is 0.671. The maximum Gasteiger partial charge on any atom is 0.241 e. The van der Waals surface area contributed by atoms with Crippen LogP contribution >= 0.6 is 11.3 Å². The minimum absolute atomic E-state index is 0.109. The van der Waals surface area contributed by atoms with Crippen LogP contribution in [-0.4, -0.2) is 34.9 Å². The molecule has 0 atom stereocenters. The second-order valence-electron chi connectivity index (χ2n) is 7.48. The van der Waals surface area contributed by atoms with Gasteiger partial charge in [-0.1, -0.05) is 54.6 Å². The van der Waals surface area contributed by atoms with Crippen LogP contribution in [0.5, 0.6) is 0 Å². The molecule has 0 radical (unpaired) electrons. The molecule has 28 heavy (non-hydrogen) atoms. The van der Waals surface area contributed by atoms with Crippen molar-refractivity contribution in [2.24, 2.45) is 0 Å². The van der Waals surface area contributed by atoms with E-state index in [1.807, 2.05) is 29.1 Å². The highest BCUT2D eigenvalue weighted by Crippen LogP contribution is 2.35. The lowest BCUT2D eigenvalue weighted by molar-refractivity contribution is -0.132. The van der Waals surface area contributed by atoms with Gasteiger partial charge >= 0.3 is 0 Å². The predicted molar refractivity (Wildman–Crippen MR) is 113 cm³/mol. The van der Waals surface area contributed by atoms with Crippen molar-refractivity contribution in [1.29, 1.82) is 0 Å². The molecule has 1 aliphatic rings. The molecule has 0 bridgehead atoms. The number of carbonyl (C=O) groups excluding carboxylic acids is 1. The molecule has 5 heteroatoms. The Kier molecular flexibility index (Phi) is 5.55. The first-order chi connectivity index (χ1) is 13.7. The lowest BCUT2D eigenvalue weighted by Gasteiger charge is -2.37. The van der Waals surface area contributed by atoms with Crippen LogP contribution in [0.4, 0.5) is 0 Å². The molecule has 1 heterocycles. The van der Waals surface area contributed by atoms with E-state index in [0.29, 0.717) is 6.54 Å². The predicted octanol–water partition coefficient (Wildman–Crippen LogP) is 3.47.